The standard InChI is InChI=1S/C8H12NO2.CH3.Y/c1-7-2-4-9(5-3-7)6-8(10)11;;/h2H,1,3-6H2,(H,10,11);1H3;/q2*-1;. The third kappa shape index (κ3) is 6.25. The van der Waals surface area contributed by atoms with E-state index in [-0.39, 0.29) is 46.7 Å². The van der Waals surface area contributed by atoms with E-state index in [1.807, 2.05) is 11.0 Å². The number of carbonyl (C=O) groups is 1. The number of hydrogen-bond donors (Lipinski definition) is 1. The normalized spacial score (nSPS) is 16.5. The Labute approximate surface area is 105 Å². The molecule has 1 aliphatic rings. The van der Waals surface area contributed by atoms with Crippen LogP contribution in [0.1, 0.15) is 6.42 Å². The molecule has 0 aromatic rings. The van der Waals surface area contributed by atoms with Crippen molar-refractivity contribution in [3.05, 3.63) is 26.0 Å². The van der Waals surface area contributed by atoms with Crippen LogP contribution in [0.25, 0.3) is 0 Å². The molecule has 0 unspecified atom stereocenters. The van der Waals surface area contributed by atoms with Crippen molar-refractivity contribution in [1.29, 1.82) is 0 Å². The molecule has 0 aromatic carbocycles. The molecule has 73 valence electrons. The Bertz CT molecular complexity index is 192. The summed E-state index contributed by atoms with van der Waals surface area (Å²) in [4.78, 5) is 12.2. The SMILES string of the molecule is [CH2-]C1=CCN(CC(=O)O)CC1.[CH3-].[Y]. The second kappa shape index (κ2) is 7.54. The van der Waals surface area contributed by atoms with Crippen molar-refractivity contribution in [2.45, 2.75) is 6.42 Å². The van der Waals surface area contributed by atoms with Crippen LogP contribution in [-0.2, 0) is 37.5 Å². The zero-order valence-corrected chi connectivity index (χ0v) is 10.8. The van der Waals surface area contributed by atoms with Crippen molar-refractivity contribution >= 4 is 5.97 Å². The Hall–Kier alpha value is 0.144. The van der Waals surface area contributed by atoms with Crippen LogP contribution in [-0.4, -0.2) is 35.6 Å². The van der Waals surface area contributed by atoms with Crippen molar-refractivity contribution in [2.75, 3.05) is 19.6 Å². The van der Waals surface area contributed by atoms with Gasteiger partial charge in [-0.05, 0) is 19.5 Å². The maximum Gasteiger partial charge on any atom is 0.317 e. The number of nitrogens with zero attached hydrogens (tertiary/aromatic N) is 1. The van der Waals surface area contributed by atoms with Crippen LogP contribution in [0.3, 0.4) is 0 Å². The van der Waals surface area contributed by atoms with Crippen LogP contribution in [0.4, 0.5) is 0 Å². The van der Waals surface area contributed by atoms with Crippen LogP contribution in [0.15, 0.2) is 11.6 Å². The van der Waals surface area contributed by atoms with Gasteiger partial charge in [-0.2, -0.15) is 0 Å². The molecule has 0 aromatic heterocycles. The molecule has 0 saturated heterocycles. The summed E-state index contributed by atoms with van der Waals surface area (Å²) in [7, 11) is 0. The van der Waals surface area contributed by atoms with Gasteiger partial charge in [0, 0.05) is 32.7 Å². The van der Waals surface area contributed by atoms with Gasteiger partial charge in [0.15, 0.2) is 0 Å². The third-order valence-corrected chi connectivity index (χ3v) is 1.75. The molecule has 0 fully saturated rings. The smallest absolute Gasteiger partial charge is 0.317 e. The Morgan fingerprint density at radius 2 is 2.31 bits per heavy atom. The molecule has 13 heavy (non-hydrogen) atoms. The van der Waals surface area contributed by atoms with Gasteiger partial charge in [-0.3, -0.25) is 4.79 Å². The van der Waals surface area contributed by atoms with Crippen molar-refractivity contribution in [1.82, 2.24) is 4.90 Å². The van der Waals surface area contributed by atoms with Crippen LogP contribution >= 0.6 is 0 Å². The molecule has 3 nitrogen and oxygen atoms in total. The van der Waals surface area contributed by atoms with E-state index in [4.69, 9.17) is 5.11 Å². The quantitative estimate of drug-likeness (QED) is 0.751. The molecular formula is C9H15NO2Y-2. The van der Waals surface area contributed by atoms with Gasteiger partial charge >= 0.3 is 5.97 Å². The summed E-state index contributed by atoms with van der Waals surface area (Å²) in [5.41, 5.74) is 1.12. The summed E-state index contributed by atoms with van der Waals surface area (Å²) < 4.78 is 0. The summed E-state index contributed by atoms with van der Waals surface area (Å²) in [6.45, 7) is 5.49. The number of aliphatic carboxylic acids is 1. The van der Waals surface area contributed by atoms with Crippen molar-refractivity contribution in [3.63, 3.8) is 0 Å². The predicted molar refractivity (Wildman–Crippen MR) is 48.5 cm³/mol. The van der Waals surface area contributed by atoms with Gasteiger partial charge < -0.3 is 17.4 Å². The van der Waals surface area contributed by atoms with E-state index in [2.05, 4.69) is 6.92 Å². The van der Waals surface area contributed by atoms with E-state index in [0.29, 0.717) is 0 Å². The Morgan fingerprint density at radius 1 is 1.69 bits per heavy atom. The van der Waals surface area contributed by atoms with Gasteiger partial charge in [-0.15, -0.1) is 0 Å². The fraction of sp³-hybridized carbons (Fsp3) is 0.444. The molecule has 1 aliphatic heterocycles. The average Bonchev–Trinajstić information content (AvgIpc) is 1.93. The minimum absolute atomic E-state index is 0. The minimum atomic E-state index is -0.758. The molecule has 0 spiro atoms. The summed E-state index contributed by atoms with van der Waals surface area (Å²) in [6.07, 6.45) is 2.87. The van der Waals surface area contributed by atoms with E-state index < -0.39 is 5.97 Å². The molecule has 0 saturated carbocycles. The molecule has 0 bridgehead atoms. The first-order valence-electron chi connectivity index (χ1n) is 3.63. The van der Waals surface area contributed by atoms with Crippen LogP contribution in [0.5, 0.6) is 0 Å². The first-order valence-corrected chi connectivity index (χ1v) is 3.63. The Morgan fingerprint density at radius 3 is 2.69 bits per heavy atom. The first-order chi connectivity index (χ1) is 5.18. The summed E-state index contributed by atoms with van der Waals surface area (Å²) in [5.74, 6) is -0.758. The Kier molecular flexibility index (Phi) is 9.05. The average molecular weight is 258 g/mol. The fourth-order valence-electron chi connectivity index (χ4n) is 1.09. The molecule has 1 heterocycles. The third-order valence-electron chi connectivity index (χ3n) is 1.75. The molecule has 1 rings (SSSR count). The first kappa shape index (κ1) is 15.6. The number of carboxylic acid groups (broad SMARTS) is 1. The molecule has 4 heteroatoms. The largest absolute Gasteiger partial charge is 0.480 e. The van der Waals surface area contributed by atoms with Gasteiger partial charge in [0.25, 0.3) is 0 Å². The maximum atomic E-state index is 10.3. The molecule has 0 atom stereocenters. The maximum absolute atomic E-state index is 10.3. The van der Waals surface area contributed by atoms with Crippen LogP contribution in [0, 0.1) is 14.4 Å². The molecule has 0 aliphatic carbocycles. The Balaban J connectivity index is 0. The second-order valence-electron chi connectivity index (χ2n) is 2.74. The van der Waals surface area contributed by atoms with E-state index in [1.165, 1.54) is 0 Å². The predicted octanol–water partition coefficient (Wildman–Crippen LogP) is 0.985. The van der Waals surface area contributed by atoms with Gasteiger partial charge in [-0.25, -0.2) is 18.6 Å². The molecule has 0 amide bonds. The second-order valence-corrected chi connectivity index (χ2v) is 2.74. The summed E-state index contributed by atoms with van der Waals surface area (Å²) in [5, 5.41) is 8.45. The van der Waals surface area contributed by atoms with E-state index >= 15 is 0 Å². The van der Waals surface area contributed by atoms with Crippen molar-refractivity contribution in [2.24, 2.45) is 0 Å². The van der Waals surface area contributed by atoms with Gasteiger partial charge in [0.2, 0.25) is 0 Å². The van der Waals surface area contributed by atoms with Gasteiger partial charge in [0.1, 0.15) is 0 Å². The van der Waals surface area contributed by atoms with Gasteiger partial charge in [-0.1, -0.05) is 0 Å². The van der Waals surface area contributed by atoms with Crippen LogP contribution < -0.4 is 0 Å². The zero-order valence-electron chi connectivity index (χ0n) is 7.99. The summed E-state index contributed by atoms with van der Waals surface area (Å²) in [6, 6.07) is 0. The van der Waals surface area contributed by atoms with E-state index in [0.717, 1.165) is 25.1 Å². The van der Waals surface area contributed by atoms with Crippen LogP contribution in [0.2, 0.25) is 0 Å². The number of rotatable bonds is 2. The topological polar surface area (TPSA) is 40.5 Å². The summed E-state index contributed by atoms with van der Waals surface area (Å²) >= 11 is 0. The molecular weight excluding hydrogens is 243 g/mol. The van der Waals surface area contributed by atoms with Gasteiger partial charge in [0.05, 0.1) is 6.54 Å². The molecule has 1 radical (unpaired) electrons. The van der Waals surface area contributed by atoms with E-state index in [9.17, 15) is 4.79 Å². The number of hydrogen-bond acceptors (Lipinski definition) is 2. The van der Waals surface area contributed by atoms with Crippen molar-refractivity contribution < 1.29 is 42.6 Å². The molecule has 1 N–H and O–H groups in total. The number of carboxylic acids is 1. The zero-order chi connectivity index (χ0) is 8.27. The van der Waals surface area contributed by atoms with E-state index in [1.54, 1.807) is 0 Å². The monoisotopic (exact) mass is 258 g/mol. The minimum Gasteiger partial charge on any atom is -0.480 e. The fourth-order valence-corrected chi connectivity index (χ4v) is 1.09. The van der Waals surface area contributed by atoms with Crippen molar-refractivity contribution in [3.8, 4) is 0 Å².